The van der Waals surface area contributed by atoms with Crippen molar-refractivity contribution in [3.05, 3.63) is 65.6 Å². The molecule has 0 saturated heterocycles. The van der Waals surface area contributed by atoms with Crippen LogP contribution in [0.15, 0.2) is 53.4 Å². The summed E-state index contributed by atoms with van der Waals surface area (Å²) in [7, 11) is 0. The number of hydrogen-bond donors (Lipinski definition) is 3. The van der Waals surface area contributed by atoms with Crippen LogP contribution in [0.5, 0.6) is 0 Å². The van der Waals surface area contributed by atoms with Crippen molar-refractivity contribution in [1.29, 1.82) is 0 Å². The first-order chi connectivity index (χ1) is 14.0. The van der Waals surface area contributed by atoms with Crippen LogP contribution >= 0.6 is 11.8 Å². The number of thioether (sulfide) groups is 1. The highest BCUT2D eigenvalue weighted by atomic mass is 32.2. The Balaban J connectivity index is 1.59. The number of amides is 2. The molecule has 0 fully saturated rings. The maximum atomic E-state index is 12.9. The molecule has 0 aliphatic carbocycles. The van der Waals surface area contributed by atoms with Crippen LogP contribution in [0, 0.1) is 5.82 Å². The van der Waals surface area contributed by atoms with Gasteiger partial charge in [-0.1, -0.05) is 23.4 Å². The lowest BCUT2D eigenvalue weighted by molar-refractivity contribution is -0.116. The molecule has 4 N–H and O–H groups in total. The lowest BCUT2D eigenvalue weighted by atomic mass is 10.2. The largest absolute Gasteiger partial charge is 0.382 e. The average Bonchev–Trinajstić information content (AvgIpc) is 3.07. The molecule has 0 radical (unpaired) electrons. The standard InChI is InChI=1S/C19H19FN6O2S/c1-29-15-4-2-3-14(9-15)23-16(27)11-26-18(21)17(24-25-26)19(28)22-10-12-5-7-13(20)8-6-12/h2-9H,10-11,21H2,1H3,(H,22,28)(H,23,27). The third-order valence-electron chi connectivity index (χ3n) is 4.00. The van der Waals surface area contributed by atoms with Crippen LogP contribution in [-0.4, -0.2) is 33.1 Å². The summed E-state index contributed by atoms with van der Waals surface area (Å²) in [6.07, 6.45) is 1.94. The Kier molecular flexibility index (Phi) is 6.45. The van der Waals surface area contributed by atoms with Crippen molar-refractivity contribution in [2.24, 2.45) is 0 Å². The van der Waals surface area contributed by atoms with E-state index in [0.29, 0.717) is 5.69 Å². The second-order valence-electron chi connectivity index (χ2n) is 6.07. The van der Waals surface area contributed by atoms with Gasteiger partial charge in [0, 0.05) is 17.1 Å². The minimum absolute atomic E-state index is 0.0189. The highest BCUT2D eigenvalue weighted by Crippen LogP contribution is 2.19. The van der Waals surface area contributed by atoms with Gasteiger partial charge in [-0.3, -0.25) is 9.59 Å². The van der Waals surface area contributed by atoms with E-state index in [1.807, 2.05) is 24.5 Å². The van der Waals surface area contributed by atoms with Crippen LogP contribution < -0.4 is 16.4 Å². The van der Waals surface area contributed by atoms with Crippen molar-refractivity contribution in [1.82, 2.24) is 20.3 Å². The van der Waals surface area contributed by atoms with Crippen molar-refractivity contribution in [2.75, 3.05) is 17.3 Å². The van der Waals surface area contributed by atoms with E-state index in [1.165, 1.54) is 12.1 Å². The van der Waals surface area contributed by atoms with E-state index in [9.17, 15) is 14.0 Å². The van der Waals surface area contributed by atoms with Gasteiger partial charge in [0.2, 0.25) is 5.91 Å². The Morgan fingerprint density at radius 2 is 1.97 bits per heavy atom. The Bertz CT molecular complexity index is 1020. The highest BCUT2D eigenvalue weighted by molar-refractivity contribution is 7.98. The maximum Gasteiger partial charge on any atom is 0.275 e. The van der Waals surface area contributed by atoms with Crippen LogP contribution in [0.3, 0.4) is 0 Å². The monoisotopic (exact) mass is 414 g/mol. The van der Waals surface area contributed by atoms with Gasteiger partial charge in [0.05, 0.1) is 0 Å². The smallest absolute Gasteiger partial charge is 0.275 e. The second kappa shape index (κ2) is 9.20. The summed E-state index contributed by atoms with van der Waals surface area (Å²) in [5.74, 6) is -1.26. The lowest BCUT2D eigenvalue weighted by Crippen LogP contribution is -2.25. The van der Waals surface area contributed by atoms with Crippen LogP contribution in [0.4, 0.5) is 15.9 Å². The summed E-state index contributed by atoms with van der Waals surface area (Å²) in [5, 5.41) is 12.9. The minimum Gasteiger partial charge on any atom is -0.382 e. The van der Waals surface area contributed by atoms with Gasteiger partial charge in [0.1, 0.15) is 12.4 Å². The van der Waals surface area contributed by atoms with E-state index in [1.54, 1.807) is 30.0 Å². The summed E-state index contributed by atoms with van der Waals surface area (Å²) in [6.45, 7) is -0.00868. The molecule has 2 aromatic carbocycles. The number of benzene rings is 2. The summed E-state index contributed by atoms with van der Waals surface area (Å²) >= 11 is 1.56. The molecule has 0 aliphatic rings. The second-order valence-corrected chi connectivity index (χ2v) is 6.95. The molecule has 0 unspecified atom stereocenters. The van der Waals surface area contributed by atoms with Crippen molar-refractivity contribution in [3.63, 3.8) is 0 Å². The fourth-order valence-corrected chi connectivity index (χ4v) is 2.96. The molecule has 29 heavy (non-hydrogen) atoms. The molecule has 0 atom stereocenters. The first-order valence-electron chi connectivity index (χ1n) is 8.62. The molecular formula is C19H19FN6O2S. The lowest BCUT2D eigenvalue weighted by Gasteiger charge is -2.07. The Morgan fingerprint density at radius 3 is 2.69 bits per heavy atom. The SMILES string of the molecule is CSc1cccc(NC(=O)Cn2nnc(C(=O)NCc3ccc(F)cc3)c2N)c1. The number of carbonyl (C=O) groups is 2. The number of carbonyl (C=O) groups excluding carboxylic acids is 2. The predicted octanol–water partition coefficient (Wildman–Crippen LogP) is 2.29. The van der Waals surface area contributed by atoms with Gasteiger partial charge in [-0.2, -0.15) is 0 Å². The van der Waals surface area contributed by atoms with Crippen molar-refractivity contribution < 1.29 is 14.0 Å². The number of rotatable bonds is 7. The molecule has 3 rings (SSSR count). The van der Waals surface area contributed by atoms with Gasteiger partial charge < -0.3 is 16.4 Å². The number of aromatic nitrogens is 3. The fraction of sp³-hybridized carbons (Fsp3) is 0.158. The van der Waals surface area contributed by atoms with Gasteiger partial charge in [0.15, 0.2) is 11.5 Å². The molecule has 8 nitrogen and oxygen atoms in total. The normalized spacial score (nSPS) is 10.6. The van der Waals surface area contributed by atoms with E-state index in [0.717, 1.165) is 15.1 Å². The summed E-state index contributed by atoms with van der Waals surface area (Å²) < 4.78 is 14.1. The number of anilines is 2. The molecule has 2 amide bonds. The third kappa shape index (κ3) is 5.32. The van der Waals surface area contributed by atoms with E-state index in [4.69, 9.17) is 5.73 Å². The number of nitrogen functional groups attached to an aromatic ring is 1. The summed E-state index contributed by atoms with van der Waals surface area (Å²) in [4.78, 5) is 25.6. The molecule has 1 aromatic heterocycles. The maximum absolute atomic E-state index is 12.9. The zero-order valence-electron chi connectivity index (χ0n) is 15.6. The molecule has 150 valence electrons. The van der Waals surface area contributed by atoms with Gasteiger partial charge >= 0.3 is 0 Å². The number of nitrogens with zero attached hydrogens (tertiary/aromatic N) is 3. The first kappa shape index (κ1) is 20.3. The Hall–Kier alpha value is -3.40. The number of halogens is 1. The molecule has 0 saturated carbocycles. The van der Waals surface area contributed by atoms with Gasteiger partial charge in [0.25, 0.3) is 5.91 Å². The van der Waals surface area contributed by atoms with E-state index >= 15 is 0 Å². The predicted molar refractivity (Wildman–Crippen MR) is 109 cm³/mol. The molecule has 1 heterocycles. The molecular weight excluding hydrogens is 395 g/mol. The van der Waals surface area contributed by atoms with Crippen molar-refractivity contribution in [3.8, 4) is 0 Å². The Morgan fingerprint density at radius 1 is 1.21 bits per heavy atom. The van der Waals surface area contributed by atoms with Crippen molar-refractivity contribution in [2.45, 2.75) is 18.0 Å². The molecule has 0 spiro atoms. The van der Waals surface area contributed by atoms with E-state index in [2.05, 4.69) is 20.9 Å². The highest BCUT2D eigenvalue weighted by Gasteiger charge is 2.18. The average molecular weight is 414 g/mol. The molecule has 0 aliphatic heterocycles. The number of hydrogen-bond acceptors (Lipinski definition) is 6. The van der Waals surface area contributed by atoms with Gasteiger partial charge in [-0.05, 0) is 42.2 Å². The third-order valence-corrected chi connectivity index (χ3v) is 4.73. The van der Waals surface area contributed by atoms with Gasteiger partial charge in [-0.25, -0.2) is 9.07 Å². The zero-order valence-corrected chi connectivity index (χ0v) is 16.4. The summed E-state index contributed by atoms with van der Waals surface area (Å²) in [5.41, 5.74) is 7.22. The van der Waals surface area contributed by atoms with Crippen LogP contribution in [0.2, 0.25) is 0 Å². The van der Waals surface area contributed by atoms with Gasteiger partial charge in [-0.15, -0.1) is 16.9 Å². The first-order valence-corrected chi connectivity index (χ1v) is 9.84. The van der Waals surface area contributed by atoms with Crippen LogP contribution in [0.1, 0.15) is 16.1 Å². The quantitative estimate of drug-likeness (QED) is 0.511. The van der Waals surface area contributed by atoms with E-state index in [-0.39, 0.29) is 36.3 Å². The molecule has 0 bridgehead atoms. The van der Waals surface area contributed by atoms with E-state index < -0.39 is 5.91 Å². The number of nitrogens with one attached hydrogen (secondary N) is 2. The van der Waals surface area contributed by atoms with Crippen LogP contribution in [0.25, 0.3) is 0 Å². The van der Waals surface area contributed by atoms with Crippen molar-refractivity contribution >= 4 is 35.1 Å². The topological polar surface area (TPSA) is 115 Å². The Labute approximate surface area is 170 Å². The summed E-state index contributed by atoms with van der Waals surface area (Å²) in [6, 6.07) is 13.1. The molecule has 3 aromatic rings. The zero-order chi connectivity index (χ0) is 20.8. The minimum atomic E-state index is -0.536. The fourth-order valence-electron chi connectivity index (χ4n) is 2.50. The number of nitrogens with two attached hydrogens (primary N) is 1. The molecule has 10 heteroatoms. The van der Waals surface area contributed by atoms with Crippen LogP contribution in [-0.2, 0) is 17.9 Å².